The molecule has 1 N–H and O–H groups in total. The average Bonchev–Trinajstić information content (AvgIpc) is 2.66. The third kappa shape index (κ3) is 5.35. The van der Waals surface area contributed by atoms with Crippen LogP contribution >= 0.6 is 11.6 Å². The van der Waals surface area contributed by atoms with Crippen molar-refractivity contribution in [1.82, 2.24) is 9.62 Å². The molecular weight excluding hydrogens is 392 g/mol. The van der Waals surface area contributed by atoms with Gasteiger partial charge >= 0.3 is 0 Å². The second kappa shape index (κ2) is 9.07. The van der Waals surface area contributed by atoms with Crippen molar-refractivity contribution in [2.24, 2.45) is 0 Å². The molecule has 0 aliphatic heterocycles. The van der Waals surface area contributed by atoms with Gasteiger partial charge in [-0.3, -0.25) is 4.79 Å². The van der Waals surface area contributed by atoms with E-state index >= 15 is 0 Å². The summed E-state index contributed by atoms with van der Waals surface area (Å²) in [6, 6.07) is 11.3. The summed E-state index contributed by atoms with van der Waals surface area (Å²) in [7, 11) is 0.361. The zero-order valence-corrected chi connectivity index (χ0v) is 16.8. The first-order valence-corrected chi connectivity index (χ1v) is 9.79. The van der Waals surface area contributed by atoms with Crippen molar-refractivity contribution >= 4 is 27.5 Å². The topological polar surface area (TPSA) is 84.9 Å². The highest BCUT2D eigenvalue weighted by molar-refractivity contribution is 7.89. The van der Waals surface area contributed by atoms with E-state index in [0.717, 1.165) is 9.87 Å². The minimum atomic E-state index is -3.86. The summed E-state index contributed by atoms with van der Waals surface area (Å²) < 4.78 is 36.6. The maximum absolute atomic E-state index is 12.7. The van der Waals surface area contributed by atoms with Crippen molar-refractivity contribution in [1.29, 1.82) is 0 Å². The monoisotopic (exact) mass is 412 g/mol. The van der Waals surface area contributed by atoms with Gasteiger partial charge in [0.2, 0.25) is 15.9 Å². The van der Waals surface area contributed by atoms with Gasteiger partial charge in [0.15, 0.2) is 11.5 Å². The predicted molar refractivity (Wildman–Crippen MR) is 103 cm³/mol. The number of amides is 1. The molecule has 2 aromatic carbocycles. The molecule has 0 saturated heterocycles. The van der Waals surface area contributed by atoms with Gasteiger partial charge in [-0.1, -0.05) is 23.7 Å². The standard InChI is InChI=1S/C18H21ClN2O5S/c1-21(12-18(22)20-11-13-4-6-14(19)7-5-13)27(23,24)15-8-9-16(25-2)17(10-15)26-3/h4-10H,11-12H2,1-3H3,(H,20,22). The number of carbonyl (C=O) groups excluding carboxylic acids is 1. The van der Waals surface area contributed by atoms with E-state index in [4.69, 9.17) is 21.1 Å². The van der Waals surface area contributed by atoms with Crippen molar-refractivity contribution in [2.45, 2.75) is 11.4 Å². The Kier molecular flexibility index (Phi) is 7.06. The van der Waals surface area contributed by atoms with Crippen LogP contribution in [0.2, 0.25) is 5.02 Å². The van der Waals surface area contributed by atoms with Gasteiger partial charge in [-0.15, -0.1) is 0 Å². The molecule has 0 aromatic heterocycles. The number of nitrogens with zero attached hydrogens (tertiary/aromatic N) is 1. The normalized spacial score (nSPS) is 11.3. The number of nitrogens with one attached hydrogen (secondary N) is 1. The van der Waals surface area contributed by atoms with Gasteiger partial charge in [-0.25, -0.2) is 8.42 Å². The van der Waals surface area contributed by atoms with Crippen molar-refractivity contribution in [3.8, 4) is 11.5 Å². The summed E-state index contributed by atoms with van der Waals surface area (Å²) in [6.45, 7) is -0.0372. The van der Waals surface area contributed by atoms with Crippen LogP contribution in [0.4, 0.5) is 0 Å². The van der Waals surface area contributed by atoms with E-state index in [1.165, 1.54) is 39.5 Å². The molecule has 0 atom stereocenters. The molecule has 0 fully saturated rings. The highest BCUT2D eigenvalue weighted by Gasteiger charge is 2.24. The van der Waals surface area contributed by atoms with Gasteiger partial charge in [0.1, 0.15) is 0 Å². The Morgan fingerprint density at radius 3 is 2.30 bits per heavy atom. The number of halogens is 1. The minimum Gasteiger partial charge on any atom is -0.493 e. The van der Waals surface area contributed by atoms with Gasteiger partial charge in [-0.2, -0.15) is 4.31 Å². The van der Waals surface area contributed by atoms with Crippen molar-refractivity contribution < 1.29 is 22.7 Å². The fraction of sp³-hybridized carbons (Fsp3) is 0.278. The smallest absolute Gasteiger partial charge is 0.243 e. The fourth-order valence-corrected chi connectivity index (χ4v) is 3.57. The Hall–Kier alpha value is -2.29. The first-order chi connectivity index (χ1) is 12.8. The molecule has 0 saturated carbocycles. The number of likely N-dealkylation sites (N-methyl/N-ethyl adjacent to an activating group) is 1. The van der Waals surface area contributed by atoms with Gasteiger partial charge in [0, 0.05) is 24.7 Å². The van der Waals surface area contributed by atoms with Crippen LogP contribution in [-0.2, 0) is 21.4 Å². The van der Waals surface area contributed by atoms with E-state index in [0.29, 0.717) is 16.5 Å². The molecule has 27 heavy (non-hydrogen) atoms. The van der Waals surface area contributed by atoms with Crippen LogP contribution in [0.25, 0.3) is 0 Å². The van der Waals surface area contributed by atoms with Crippen LogP contribution in [0.5, 0.6) is 11.5 Å². The van der Waals surface area contributed by atoms with E-state index in [2.05, 4.69) is 5.32 Å². The molecule has 146 valence electrons. The maximum atomic E-state index is 12.7. The third-order valence-electron chi connectivity index (χ3n) is 3.83. The lowest BCUT2D eigenvalue weighted by molar-refractivity contribution is -0.121. The molecule has 2 rings (SSSR count). The second-order valence-corrected chi connectivity index (χ2v) is 8.16. The summed E-state index contributed by atoms with van der Waals surface area (Å²) in [5, 5.41) is 3.28. The van der Waals surface area contributed by atoms with E-state index in [1.54, 1.807) is 24.3 Å². The van der Waals surface area contributed by atoms with Gasteiger partial charge in [0.25, 0.3) is 0 Å². The number of carbonyl (C=O) groups is 1. The molecule has 0 spiro atoms. The third-order valence-corrected chi connectivity index (χ3v) is 5.88. The molecule has 0 heterocycles. The molecule has 7 nitrogen and oxygen atoms in total. The molecule has 0 radical (unpaired) electrons. The molecule has 2 aromatic rings. The zero-order chi connectivity index (χ0) is 20.0. The van der Waals surface area contributed by atoms with Crippen LogP contribution in [-0.4, -0.2) is 46.4 Å². The molecule has 0 unspecified atom stereocenters. The van der Waals surface area contributed by atoms with E-state index < -0.39 is 15.9 Å². The summed E-state index contributed by atoms with van der Waals surface area (Å²) in [5.74, 6) is 0.287. The quantitative estimate of drug-likeness (QED) is 0.719. The first kappa shape index (κ1) is 21.0. The molecule has 0 aliphatic carbocycles. The number of ether oxygens (including phenoxy) is 2. The van der Waals surface area contributed by atoms with E-state index in [9.17, 15) is 13.2 Å². The van der Waals surface area contributed by atoms with Gasteiger partial charge in [-0.05, 0) is 29.8 Å². The van der Waals surface area contributed by atoms with Crippen molar-refractivity contribution in [2.75, 3.05) is 27.8 Å². The first-order valence-electron chi connectivity index (χ1n) is 7.97. The number of hydrogen-bond donors (Lipinski definition) is 1. The Morgan fingerprint density at radius 1 is 1.07 bits per heavy atom. The average molecular weight is 413 g/mol. The number of benzene rings is 2. The van der Waals surface area contributed by atoms with Crippen LogP contribution in [0, 0.1) is 0 Å². The number of sulfonamides is 1. The summed E-state index contributed by atoms with van der Waals surface area (Å²) >= 11 is 5.81. The molecule has 1 amide bonds. The maximum Gasteiger partial charge on any atom is 0.243 e. The summed E-state index contributed by atoms with van der Waals surface area (Å²) in [5.41, 5.74) is 0.859. The molecular formula is C18H21ClN2O5S. The lowest BCUT2D eigenvalue weighted by Crippen LogP contribution is -2.38. The van der Waals surface area contributed by atoms with Crippen LogP contribution in [0.1, 0.15) is 5.56 Å². The largest absolute Gasteiger partial charge is 0.493 e. The second-order valence-electron chi connectivity index (χ2n) is 5.68. The minimum absolute atomic E-state index is 0.00755. The lowest BCUT2D eigenvalue weighted by Gasteiger charge is -2.18. The van der Waals surface area contributed by atoms with Crippen LogP contribution in [0.15, 0.2) is 47.4 Å². The van der Waals surface area contributed by atoms with E-state index in [-0.39, 0.29) is 18.0 Å². The number of hydrogen-bond acceptors (Lipinski definition) is 5. The SMILES string of the molecule is COc1ccc(S(=O)(=O)N(C)CC(=O)NCc2ccc(Cl)cc2)cc1OC. The summed E-state index contributed by atoms with van der Waals surface area (Å²) in [6.07, 6.45) is 0. The summed E-state index contributed by atoms with van der Waals surface area (Å²) in [4.78, 5) is 12.1. The lowest BCUT2D eigenvalue weighted by atomic mass is 10.2. The van der Waals surface area contributed by atoms with Crippen molar-refractivity contribution in [3.63, 3.8) is 0 Å². The Labute approximate surface area is 163 Å². The van der Waals surface area contributed by atoms with E-state index in [1.807, 2.05) is 0 Å². The van der Waals surface area contributed by atoms with Gasteiger partial charge in [0.05, 0.1) is 25.7 Å². The zero-order valence-electron chi connectivity index (χ0n) is 15.2. The molecule has 9 heteroatoms. The fourth-order valence-electron chi connectivity index (χ4n) is 2.30. The predicted octanol–water partition coefficient (Wildman–Crippen LogP) is 2.29. The molecule has 0 bridgehead atoms. The Balaban J connectivity index is 2.03. The van der Waals surface area contributed by atoms with Gasteiger partial charge < -0.3 is 14.8 Å². The van der Waals surface area contributed by atoms with Crippen LogP contribution < -0.4 is 14.8 Å². The highest BCUT2D eigenvalue weighted by Crippen LogP contribution is 2.30. The number of methoxy groups -OCH3 is 2. The molecule has 0 aliphatic rings. The van der Waals surface area contributed by atoms with Crippen molar-refractivity contribution in [3.05, 3.63) is 53.1 Å². The number of rotatable bonds is 8. The highest BCUT2D eigenvalue weighted by atomic mass is 35.5. The Bertz CT molecular complexity index is 900. The Morgan fingerprint density at radius 2 is 1.70 bits per heavy atom. The van der Waals surface area contributed by atoms with Crippen LogP contribution in [0.3, 0.4) is 0 Å².